The zero-order valence-electron chi connectivity index (χ0n) is 14.5. The van der Waals surface area contributed by atoms with E-state index in [9.17, 15) is 4.79 Å². The van der Waals surface area contributed by atoms with Crippen LogP contribution >= 0.6 is 0 Å². The van der Waals surface area contributed by atoms with Crippen molar-refractivity contribution in [3.05, 3.63) is 47.9 Å². The summed E-state index contributed by atoms with van der Waals surface area (Å²) >= 11 is 0. The number of ether oxygens (including phenoxy) is 1. The van der Waals surface area contributed by atoms with Gasteiger partial charge in [-0.05, 0) is 37.3 Å². The van der Waals surface area contributed by atoms with Crippen molar-refractivity contribution < 1.29 is 13.9 Å². The highest BCUT2D eigenvalue weighted by Gasteiger charge is 2.51. The van der Waals surface area contributed by atoms with E-state index >= 15 is 0 Å². The fraction of sp³-hybridized carbons (Fsp3) is 0.526. The van der Waals surface area contributed by atoms with Crippen LogP contribution in [0.1, 0.15) is 41.1 Å². The second kappa shape index (κ2) is 6.59. The van der Waals surface area contributed by atoms with Gasteiger partial charge in [0.1, 0.15) is 0 Å². The van der Waals surface area contributed by atoms with Crippen LogP contribution in [0.2, 0.25) is 0 Å². The van der Waals surface area contributed by atoms with Gasteiger partial charge >= 0.3 is 0 Å². The molecule has 0 unspecified atom stereocenters. The van der Waals surface area contributed by atoms with E-state index < -0.39 is 0 Å². The summed E-state index contributed by atoms with van der Waals surface area (Å²) in [4.78, 5) is 22.8. The molecule has 0 radical (unpaired) electrons. The van der Waals surface area contributed by atoms with Gasteiger partial charge in [0.2, 0.25) is 5.76 Å². The van der Waals surface area contributed by atoms with Gasteiger partial charge in [-0.15, -0.1) is 0 Å². The van der Waals surface area contributed by atoms with Crippen LogP contribution in [0.4, 0.5) is 0 Å². The maximum absolute atomic E-state index is 12.7. The van der Waals surface area contributed by atoms with Crippen LogP contribution in [0, 0.1) is 18.3 Å². The molecule has 25 heavy (non-hydrogen) atoms. The van der Waals surface area contributed by atoms with E-state index in [4.69, 9.17) is 9.15 Å². The third-order valence-corrected chi connectivity index (χ3v) is 5.65. The molecule has 3 heterocycles. The zero-order valence-corrected chi connectivity index (χ0v) is 14.5. The first-order valence-corrected chi connectivity index (χ1v) is 8.84. The van der Waals surface area contributed by atoms with Gasteiger partial charge in [-0.25, -0.2) is 4.98 Å². The summed E-state index contributed by atoms with van der Waals surface area (Å²) in [7, 11) is 0. The molecular weight excluding hydrogens is 318 g/mol. The van der Waals surface area contributed by atoms with Crippen molar-refractivity contribution in [2.24, 2.45) is 11.3 Å². The lowest BCUT2D eigenvalue weighted by Gasteiger charge is -2.28. The third-order valence-electron chi connectivity index (χ3n) is 5.65. The minimum absolute atomic E-state index is 0.0453. The van der Waals surface area contributed by atoms with Crippen molar-refractivity contribution in [1.82, 2.24) is 14.9 Å². The standard InChI is InChI=1S/C19H23N3O3/c1-14-17(25-13-21-14)18(23)22-9-16-5-2-6-19(16,11-22)12-24-10-15-4-3-7-20-8-15/h3-4,7-8,13,16H,2,5-6,9-12H2,1H3/t16-,19+/m0/s1. The van der Waals surface area contributed by atoms with E-state index in [0.29, 0.717) is 30.6 Å². The number of nitrogens with zero attached hydrogens (tertiary/aromatic N) is 3. The Morgan fingerprint density at radius 3 is 3.20 bits per heavy atom. The molecule has 0 spiro atoms. The van der Waals surface area contributed by atoms with Gasteiger partial charge in [-0.1, -0.05) is 12.5 Å². The highest BCUT2D eigenvalue weighted by Crippen LogP contribution is 2.49. The van der Waals surface area contributed by atoms with E-state index in [2.05, 4.69) is 9.97 Å². The van der Waals surface area contributed by atoms with Gasteiger partial charge in [-0.2, -0.15) is 0 Å². The Labute approximate surface area is 147 Å². The molecular formula is C19H23N3O3. The lowest BCUT2D eigenvalue weighted by molar-refractivity contribution is 0.0262. The van der Waals surface area contributed by atoms with Crippen LogP contribution in [-0.2, 0) is 11.3 Å². The molecule has 1 amide bonds. The van der Waals surface area contributed by atoms with Crippen molar-refractivity contribution in [1.29, 1.82) is 0 Å². The molecule has 2 atom stereocenters. The molecule has 2 aliphatic rings. The smallest absolute Gasteiger partial charge is 0.291 e. The summed E-state index contributed by atoms with van der Waals surface area (Å²) in [6, 6.07) is 3.94. The fourth-order valence-electron chi connectivity index (χ4n) is 4.31. The van der Waals surface area contributed by atoms with Gasteiger partial charge in [0.25, 0.3) is 5.91 Å². The molecule has 1 saturated heterocycles. The van der Waals surface area contributed by atoms with Gasteiger partial charge in [0.15, 0.2) is 6.39 Å². The average Bonchev–Trinajstić information content (AvgIpc) is 3.29. The van der Waals surface area contributed by atoms with Gasteiger partial charge in [0, 0.05) is 30.9 Å². The number of carbonyl (C=O) groups excluding carboxylic acids is 1. The third kappa shape index (κ3) is 3.06. The molecule has 1 aliphatic carbocycles. The fourth-order valence-corrected chi connectivity index (χ4v) is 4.31. The van der Waals surface area contributed by atoms with E-state index in [1.807, 2.05) is 23.2 Å². The van der Waals surface area contributed by atoms with Gasteiger partial charge in [-0.3, -0.25) is 9.78 Å². The minimum Gasteiger partial charge on any atom is -0.438 e. The Bertz CT molecular complexity index is 745. The van der Waals surface area contributed by atoms with Crippen molar-refractivity contribution in [3.8, 4) is 0 Å². The quantitative estimate of drug-likeness (QED) is 0.836. The Kier molecular flexibility index (Phi) is 4.29. The molecule has 1 aliphatic heterocycles. The Morgan fingerprint density at radius 1 is 1.52 bits per heavy atom. The number of hydrogen-bond donors (Lipinski definition) is 0. The summed E-state index contributed by atoms with van der Waals surface area (Å²) < 4.78 is 11.3. The van der Waals surface area contributed by atoms with E-state index in [-0.39, 0.29) is 11.3 Å². The van der Waals surface area contributed by atoms with Gasteiger partial charge < -0.3 is 14.1 Å². The molecule has 4 rings (SSSR count). The van der Waals surface area contributed by atoms with Crippen LogP contribution in [0.15, 0.2) is 35.3 Å². The number of pyridine rings is 1. The van der Waals surface area contributed by atoms with Crippen molar-refractivity contribution >= 4 is 5.91 Å². The number of oxazole rings is 1. The lowest BCUT2D eigenvalue weighted by atomic mass is 9.81. The predicted octanol–water partition coefficient (Wildman–Crippen LogP) is 2.84. The number of likely N-dealkylation sites (tertiary alicyclic amines) is 1. The number of rotatable bonds is 5. The highest BCUT2D eigenvalue weighted by molar-refractivity contribution is 5.92. The summed E-state index contributed by atoms with van der Waals surface area (Å²) in [5.74, 6) is 0.830. The number of amides is 1. The lowest BCUT2D eigenvalue weighted by Crippen LogP contribution is -2.34. The van der Waals surface area contributed by atoms with Gasteiger partial charge in [0.05, 0.1) is 18.9 Å². The molecule has 6 nitrogen and oxygen atoms in total. The summed E-state index contributed by atoms with van der Waals surface area (Å²) in [6.45, 7) is 4.59. The van der Waals surface area contributed by atoms with E-state index in [1.54, 1.807) is 13.1 Å². The van der Waals surface area contributed by atoms with Crippen LogP contribution in [0.25, 0.3) is 0 Å². The molecule has 2 aromatic rings. The Balaban J connectivity index is 1.42. The summed E-state index contributed by atoms with van der Waals surface area (Å²) in [6.07, 6.45) is 8.43. The Hall–Kier alpha value is -2.21. The van der Waals surface area contributed by atoms with Crippen LogP contribution in [0.3, 0.4) is 0 Å². The topological polar surface area (TPSA) is 68.5 Å². The molecule has 1 saturated carbocycles. The van der Waals surface area contributed by atoms with Crippen LogP contribution < -0.4 is 0 Å². The summed E-state index contributed by atoms with van der Waals surface area (Å²) in [5, 5.41) is 0. The molecule has 2 fully saturated rings. The number of aromatic nitrogens is 2. The molecule has 132 valence electrons. The second-order valence-electron chi connectivity index (χ2n) is 7.26. The minimum atomic E-state index is -0.0453. The first-order chi connectivity index (χ1) is 12.2. The zero-order chi connectivity index (χ0) is 17.3. The maximum atomic E-state index is 12.7. The number of aryl methyl sites for hydroxylation is 1. The Morgan fingerprint density at radius 2 is 2.44 bits per heavy atom. The van der Waals surface area contributed by atoms with Crippen LogP contribution in [0.5, 0.6) is 0 Å². The molecule has 6 heteroatoms. The first-order valence-electron chi connectivity index (χ1n) is 8.84. The maximum Gasteiger partial charge on any atom is 0.291 e. The monoisotopic (exact) mass is 341 g/mol. The number of fused-ring (bicyclic) bond motifs is 1. The average molecular weight is 341 g/mol. The number of hydrogen-bond acceptors (Lipinski definition) is 5. The normalized spacial score (nSPS) is 25.3. The van der Waals surface area contributed by atoms with Crippen LogP contribution in [-0.4, -0.2) is 40.5 Å². The molecule has 2 aromatic heterocycles. The largest absolute Gasteiger partial charge is 0.438 e. The first kappa shape index (κ1) is 16.3. The highest BCUT2D eigenvalue weighted by atomic mass is 16.5. The number of carbonyl (C=O) groups is 1. The van der Waals surface area contributed by atoms with Crippen molar-refractivity contribution in [3.63, 3.8) is 0 Å². The predicted molar refractivity (Wildman–Crippen MR) is 90.8 cm³/mol. The summed E-state index contributed by atoms with van der Waals surface area (Å²) in [5.41, 5.74) is 1.81. The molecule has 0 aromatic carbocycles. The SMILES string of the molecule is Cc1ncoc1C(=O)N1C[C@@H]2CCC[C@]2(COCc2cccnc2)C1. The van der Waals surface area contributed by atoms with E-state index in [0.717, 1.165) is 31.5 Å². The second-order valence-corrected chi connectivity index (χ2v) is 7.26. The van der Waals surface area contributed by atoms with E-state index in [1.165, 1.54) is 12.8 Å². The molecule has 0 N–H and O–H groups in total. The molecule has 0 bridgehead atoms. The van der Waals surface area contributed by atoms with Crippen molar-refractivity contribution in [2.45, 2.75) is 32.8 Å². The van der Waals surface area contributed by atoms with Crippen molar-refractivity contribution in [2.75, 3.05) is 19.7 Å².